The zero-order valence-electron chi connectivity index (χ0n) is 13.3. The van der Waals surface area contributed by atoms with Crippen molar-refractivity contribution < 1.29 is 13.9 Å². The molecule has 1 aliphatic carbocycles. The lowest BCUT2D eigenvalue weighted by Gasteiger charge is -2.24. The Morgan fingerprint density at radius 3 is 2.71 bits per heavy atom. The lowest BCUT2D eigenvalue weighted by atomic mass is 10.2. The van der Waals surface area contributed by atoms with Gasteiger partial charge in [0, 0.05) is 16.6 Å². The van der Waals surface area contributed by atoms with Crippen molar-refractivity contribution in [2.45, 2.75) is 25.4 Å². The van der Waals surface area contributed by atoms with Crippen LogP contribution in [0, 0.1) is 5.82 Å². The number of anilines is 1. The molecule has 2 aromatic carbocycles. The summed E-state index contributed by atoms with van der Waals surface area (Å²) in [6.45, 7) is 0.136. The van der Waals surface area contributed by atoms with E-state index >= 15 is 0 Å². The van der Waals surface area contributed by atoms with Gasteiger partial charge in [0.2, 0.25) is 0 Å². The van der Waals surface area contributed by atoms with E-state index in [0.717, 1.165) is 12.8 Å². The summed E-state index contributed by atoms with van der Waals surface area (Å²) in [5.74, 6) is 0.170. The third-order valence-corrected chi connectivity index (χ3v) is 4.34. The van der Waals surface area contributed by atoms with Crippen LogP contribution in [0.4, 0.5) is 14.9 Å². The van der Waals surface area contributed by atoms with E-state index in [2.05, 4.69) is 5.32 Å². The highest BCUT2D eigenvalue weighted by molar-refractivity contribution is 6.31. The molecule has 1 N–H and O–H groups in total. The van der Waals surface area contributed by atoms with Crippen molar-refractivity contribution in [2.75, 3.05) is 12.4 Å². The number of carbonyl (C=O) groups excluding carboxylic acids is 1. The molecule has 6 heteroatoms. The number of amides is 2. The summed E-state index contributed by atoms with van der Waals surface area (Å²) in [6, 6.07) is 11.5. The van der Waals surface area contributed by atoms with Crippen molar-refractivity contribution in [3.63, 3.8) is 0 Å². The van der Waals surface area contributed by atoms with Gasteiger partial charge in [-0.1, -0.05) is 29.8 Å². The number of halogens is 2. The van der Waals surface area contributed by atoms with Crippen molar-refractivity contribution in [2.24, 2.45) is 0 Å². The Morgan fingerprint density at radius 2 is 2.04 bits per heavy atom. The van der Waals surface area contributed by atoms with Crippen LogP contribution in [-0.4, -0.2) is 24.1 Å². The quantitative estimate of drug-likeness (QED) is 0.852. The van der Waals surface area contributed by atoms with Crippen LogP contribution in [0.15, 0.2) is 42.5 Å². The normalized spacial score (nSPS) is 13.5. The summed E-state index contributed by atoms with van der Waals surface area (Å²) in [6.07, 6.45) is 1.82. The highest BCUT2D eigenvalue weighted by atomic mass is 35.5. The molecule has 0 aromatic heterocycles. The summed E-state index contributed by atoms with van der Waals surface area (Å²) in [4.78, 5) is 14.3. The molecule has 0 bridgehead atoms. The molecule has 2 aromatic rings. The predicted octanol–water partition coefficient (Wildman–Crippen LogP) is 4.68. The molecular weight excluding hydrogens is 331 g/mol. The van der Waals surface area contributed by atoms with E-state index in [9.17, 15) is 9.18 Å². The molecule has 0 heterocycles. The number of methoxy groups -OCH3 is 1. The van der Waals surface area contributed by atoms with E-state index in [-0.39, 0.29) is 18.6 Å². The summed E-state index contributed by atoms with van der Waals surface area (Å²) in [5.41, 5.74) is 0.913. The highest BCUT2D eigenvalue weighted by Gasteiger charge is 2.33. The van der Waals surface area contributed by atoms with E-state index in [1.807, 2.05) is 12.1 Å². The van der Waals surface area contributed by atoms with Crippen LogP contribution in [0.25, 0.3) is 0 Å². The number of hydrogen-bond donors (Lipinski definition) is 1. The molecule has 0 radical (unpaired) electrons. The molecule has 3 rings (SSSR count). The van der Waals surface area contributed by atoms with Gasteiger partial charge in [0.25, 0.3) is 0 Å². The van der Waals surface area contributed by atoms with Crippen molar-refractivity contribution in [1.29, 1.82) is 0 Å². The van der Waals surface area contributed by atoms with E-state index < -0.39 is 5.82 Å². The molecule has 1 aliphatic rings. The van der Waals surface area contributed by atoms with Crippen LogP contribution in [0.3, 0.4) is 0 Å². The highest BCUT2D eigenvalue weighted by Crippen LogP contribution is 2.32. The van der Waals surface area contributed by atoms with Gasteiger partial charge in [-0.3, -0.25) is 0 Å². The third-order valence-electron chi connectivity index (χ3n) is 3.99. The minimum Gasteiger partial charge on any atom is -0.495 e. The molecule has 126 valence electrons. The number of para-hydroxylation sites is 2. The fourth-order valence-electron chi connectivity index (χ4n) is 2.54. The number of nitrogens with zero attached hydrogens (tertiary/aromatic N) is 1. The smallest absolute Gasteiger partial charge is 0.322 e. The predicted molar refractivity (Wildman–Crippen MR) is 92.0 cm³/mol. The number of benzene rings is 2. The van der Waals surface area contributed by atoms with Crippen molar-refractivity contribution in [3.05, 3.63) is 58.9 Å². The van der Waals surface area contributed by atoms with E-state index in [0.29, 0.717) is 22.0 Å². The number of hydrogen-bond acceptors (Lipinski definition) is 2. The van der Waals surface area contributed by atoms with Gasteiger partial charge < -0.3 is 15.0 Å². The van der Waals surface area contributed by atoms with Gasteiger partial charge in [-0.2, -0.15) is 0 Å². The maximum absolute atomic E-state index is 14.0. The Bertz CT molecular complexity index is 729. The second-order valence-electron chi connectivity index (χ2n) is 5.69. The Balaban J connectivity index is 1.80. The molecule has 0 aliphatic heterocycles. The molecule has 0 unspecified atom stereocenters. The van der Waals surface area contributed by atoms with Crippen LogP contribution >= 0.6 is 11.6 Å². The van der Waals surface area contributed by atoms with Crippen LogP contribution in [0.5, 0.6) is 5.75 Å². The lowest BCUT2D eigenvalue weighted by Crippen LogP contribution is -2.36. The Kier molecular flexibility index (Phi) is 4.90. The second kappa shape index (κ2) is 7.09. The summed E-state index contributed by atoms with van der Waals surface area (Å²) in [5, 5.41) is 3.16. The number of carbonyl (C=O) groups is 1. The van der Waals surface area contributed by atoms with E-state index in [4.69, 9.17) is 16.3 Å². The van der Waals surface area contributed by atoms with Gasteiger partial charge in [0.15, 0.2) is 0 Å². The van der Waals surface area contributed by atoms with Gasteiger partial charge in [-0.25, -0.2) is 9.18 Å². The van der Waals surface area contributed by atoms with Crippen LogP contribution in [0.1, 0.15) is 18.4 Å². The number of ether oxygens (including phenoxy) is 1. The summed E-state index contributed by atoms with van der Waals surface area (Å²) in [7, 11) is 1.54. The minimum atomic E-state index is -0.404. The standard InChI is InChI=1S/C18H18ClFN2O2/c1-24-17-8-3-2-7-16(17)21-18(23)22(12-9-10-12)11-13-14(19)5-4-6-15(13)20/h2-8,12H,9-11H2,1H3,(H,21,23). The van der Waals surface area contributed by atoms with Gasteiger partial charge in [-0.05, 0) is 37.1 Å². The molecule has 24 heavy (non-hydrogen) atoms. The third kappa shape index (κ3) is 3.62. The Morgan fingerprint density at radius 1 is 1.29 bits per heavy atom. The van der Waals surface area contributed by atoms with Gasteiger partial charge >= 0.3 is 6.03 Å². The van der Waals surface area contributed by atoms with Gasteiger partial charge in [0.1, 0.15) is 11.6 Å². The number of urea groups is 1. The lowest BCUT2D eigenvalue weighted by molar-refractivity contribution is 0.205. The molecule has 1 fully saturated rings. The molecule has 0 saturated heterocycles. The molecule has 1 saturated carbocycles. The average Bonchev–Trinajstić information content (AvgIpc) is 3.40. The van der Waals surface area contributed by atoms with Gasteiger partial charge in [-0.15, -0.1) is 0 Å². The van der Waals surface area contributed by atoms with Crippen molar-refractivity contribution in [3.8, 4) is 5.75 Å². The van der Waals surface area contributed by atoms with Crippen LogP contribution in [0.2, 0.25) is 5.02 Å². The molecule has 0 spiro atoms. The average molecular weight is 349 g/mol. The molecular formula is C18H18ClFN2O2. The van der Waals surface area contributed by atoms with Crippen LogP contribution in [-0.2, 0) is 6.54 Å². The zero-order valence-corrected chi connectivity index (χ0v) is 14.0. The molecule has 4 nitrogen and oxygen atoms in total. The van der Waals surface area contributed by atoms with Crippen molar-refractivity contribution >= 4 is 23.3 Å². The van der Waals surface area contributed by atoms with Gasteiger partial charge in [0.05, 0.1) is 19.3 Å². The molecule has 2 amide bonds. The topological polar surface area (TPSA) is 41.6 Å². The minimum absolute atomic E-state index is 0.107. The zero-order chi connectivity index (χ0) is 17.1. The first-order valence-corrected chi connectivity index (χ1v) is 8.11. The number of nitrogens with one attached hydrogen (secondary N) is 1. The largest absolute Gasteiger partial charge is 0.495 e. The fraction of sp³-hybridized carbons (Fsp3) is 0.278. The summed E-state index contributed by atoms with van der Waals surface area (Å²) >= 11 is 6.09. The first kappa shape index (κ1) is 16.6. The number of rotatable bonds is 5. The van der Waals surface area contributed by atoms with Crippen LogP contribution < -0.4 is 10.1 Å². The van der Waals surface area contributed by atoms with E-state index in [1.54, 1.807) is 36.3 Å². The molecule has 0 atom stereocenters. The van der Waals surface area contributed by atoms with E-state index in [1.165, 1.54) is 6.07 Å². The first-order valence-electron chi connectivity index (χ1n) is 7.73. The summed E-state index contributed by atoms with van der Waals surface area (Å²) < 4.78 is 19.3. The monoisotopic (exact) mass is 348 g/mol. The first-order chi connectivity index (χ1) is 11.6. The van der Waals surface area contributed by atoms with Crippen molar-refractivity contribution in [1.82, 2.24) is 4.90 Å². The Hall–Kier alpha value is -2.27. The Labute approximate surface area is 145 Å². The maximum Gasteiger partial charge on any atom is 0.322 e. The second-order valence-corrected chi connectivity index (χ2v) is 6.10. The maximum atomic E-state index is 14.0. The fourth-order valence-corrected chi connectivity index (χ4v) is 2.76. The SMILES string of the molecule is COc1ccccc1NC(=O)N(Cc1c(F)cccc1Cl)C1CC1.